The molecule has 1 atom stereocenters. The summed E-state index contributed by atoms with van der Waals surface area (Å²) >= 11 is 0. The average Bonchev–Trinajstić information content (AvgIpc) is 3.31. The molecule has 3 heterocycles. The van der Waals surface area contributed by atoms with Gasteiger partial charge in [-0.05, 0) is 30.7 Å². The van der Waals surface area contributed by atoms with Crippen LogP contribution in [0.2, 0.25) is 0 Å². The molecule has 1 aliphatic heterocycles. The van der Waals surface area contributed by atoms with Gasteiger partial charge in [-0.15, -0.1) is 0 Å². The van der Waals surface area contributed by atoms with E-state index >= 15 is 0 Å². The summed E-state index contributed by atoms with van der Waals surface area (Å²) in [5.74, 6) is -0.0949. The molecule has 0 saturated carbocycles. The van der Waals surface area contributed by atoms with Gasteiger partial charge in [0.2, 0.25) is 11.9 Å². The van der Waals surface area contributed by atoms with Gasteiger partial charge < -0.3 is 19.9 Å². The highest BCUT2D eigenvalue weighted by Crippen LogP contribution is 2.26. The van der Waals surface area contributed by atoms with Gasteiger partial charge in [-0.2, -0.15) is 0 Å². The second kappa shape index (κ2) is 10.1. The van der Waals surface area contributed by atoms with Crippen LogP contribution in [0.5, 0.6) is 0 Å². The van der Waals surface area contributed by atoms with E-state index in [4.69, 9.17) is 4.74 Å². The zero-order valence-electron chi connectivity index (χ0n) is 19.8. The fraction of sp³-hybridized carbons (Fsp3) is 0.269. The number of carbonyl (C=O) groups is 1. The Morgan fingerprint density at radius 3 is 2.50 bits per heavy atom. The number of rotatable bonds is 7. The number of hydrogen-bond donors (Lipinski definition) is 2. The number of ether oxygens (including phenoxy) is 1. The molecular weight excluding hydrogens is 478 g/mol. The van der Waals surface area contributed by atoms with E-state index in [1.54, 1.807) is 30.5 Å². The van der Waals surface area contributed by atoms with Crippen molar-refractivity contribution >= 4 is 38.3 Å². The van der Waals surface area contributed by atoms with Crippen LogP contribution >= 0.6 is 0 Å². The van der Waals surface area contributed by atoms with E-state index < -0.39 is 21.0 Å². The van der Waals surface area contributed by atoms with Crippen molar-refractivity contribution in [2.24, 2.45) is 0 Å². The summed E-state index contributed by atoms with van der Waals surface area (Å²) < 4.78 is 32.7. The van der Waals surface area contributed by atoms with Gasteiger partial charge in [0.25, 0.3) is 0 Å². The molecule has 0 radical (unpaired) electrons. The number of anilines is 2. The first-order valence-electron chi connectivity index (χ1n) is 11.7. The summed E-state index contributed by atoms with van der Waals surface area (Å²) in [6.07, 6.45) is 4.77. The van der Waals surface area contributed by atoms with Crippen molar-refractivity contribution in [1.29, 1.82) is 0 Å². The number of sulfone groups is 1. The number of carbonyl (C=O) groups excluding carboxylic acids is 1. The van der Waals surface area contributed by atoms with Gasteiger partial charge >= 0.3 is 0 Å². The Morgan fingerprint density at radius 1 is 1.08 bits per heavy atom. The van der Waals surface area contributed by atoms with Crippen LogP contribution in [-0.2, 0) is 25.8 Å². The molecule has 1 unspecified atom stereocenters. The zero-order valence-corrected chi connectivity index (χ0v) is 20.7. The molecule has 1 fully saturated rings. The molecule has 9 nitrogen and oxygen atoms in total. The number of amides is 1. The molecule has 186 valence electrons. The van der Waals surface area contributed by atoms with Crippen molar-refractivity contribution < 1.29 is 17.9 Å². The van der Waals surface area contributed by atoms with Crippen LogP contribution in [0, 0.1) is 6.92 Å². The number of nitrogens with one attached hydrogen (secondary N) is 2. The van der Waals surface area contributed by atoms with Gasteiger partial charge in [-0.1, -0.05) is 35.9 Å². The highest BCUT2D eigenvalue weighted by atomic mass is 32.2. The summed E-state index contributed by atoms with van der Waals surface area (Å²) in [7, 11) is -4.00. The molecular formula is C26H27N5O4S. The number of aromatic amines is 1. The molecule has 2 aromatic heterocycles. The van der Waals surface area contributed by atoms with Crippen molar-refractivity contribution in [2.75, 3.05) is 36.5 Å². The Kier molecular flexibility index (Phi) is 6.71. The van der Waals surface area contributed by atoms with Crippen molar-refractivity contribution in [2.45, 2.75) is 23.5 Å². The summed E-state index contributed by atoms with van der Waals surface area (Å²) in [6, 6.07) is 14.1. The number of aromatic nitrogens is 3. The highest BCUT2D eigenvalue weighted by molar-refractivity contribution is 7.92. The van der Waals surface area contributed by atoms with Gasteiger partial charge in [-0.25, -0.2) is 18.4 Å². The molecule has 0 aliphatic carbocycles. The van der Waals surface area contributed by atoms with Crippen LogP contribution in [0.4, 0.5) is 11.6 Å². The molecule has 1 amide bonds. The Labute approximate surface area is 209 Å². The highest BCUT2D eigenvalue weighted by Gasteiger charge is 2.35. The maximum absolute atomic E-state index is 13.7. The van der Waals surface area contributed by atoms with Gasteiger partial charge in [0, 0.05) is 36.6 Å². The SMILES string of the molecule is Cc1ccc(S(=O)(=O)C(Cc2c[nH]c3ccccc23)C(=O)Nc2cnc(N3CCOCC3)nc2)cc1. The van der Waals surface area contributed by atoms with Gasteiger partial charge in [0.15, 0.2) is 9.84 Å². The van der Waals surface area contributed by atoms with Crippen LogP contribution < -0.4 is 10.2 Å². The molecule has 4 aromatic rings. The van der Waals surface area contributed by atoms with E-state index in [0.717, 1.165) is 22.0 Å². The first-order chi connectivity index (χ1) is 17.4. The first kappa shape index (κ1) is 24.0. The van der Waals surface area contributed by atoms with Crippen molar-refractivity contribution in [3.8, 4) is 0 Å². The van der Waals surface area contributed by atoms with E-state index in [-0.39, 0.29) is 11.3 Å². The lowest BCUT2D eigenvalue weighted by Gasteiger charge is -2.26. The lowest BCUT2D eigenvalue weighted by atomic mass is 10.1. The topological polar surface area (TPSA) is 117 Å². The standard InChI is InChI=1S/C26H27N5O4S/c1-18-6-8-21(9-7-18)36(33,34)24(14-19-15-27-23-5-3-2-4-22(19)23)25(32)30-20-16-28-26(29-17-20)31-10-12-35-13-11-31/h2-9,15-17,24,27H,10-14H2,1H3,(H,30,32). The Balaban J connectivity index is 1.43. The molecule has 1 saturated heterocycles. The lowest BCUT2D eigenvalue weighted by Crippen LogP contribution is -2.38. The maximum atomic E-state index is 13.7. The zero-order chi connectivity index (χ0) is 25.1. The van der Waals surface area contributed by atoms with Crippen LogP contribution in [0.15, 0.2) is 72.0 Å². The maximum Gasteiger partial charge on any atom is 0.243 e. The second-order valence-corrected chi connectivity index (χ2v) is 10.9. The molecule has 0 bridgehead atoms. The lowest BCUT2D eigenvalue weighted by molar-refractivity contribution is -0.115. The van der Waals surface area contributed by atoms with E-state index in [1.807, 2.05) is 36.1 Å². The normalized spacial score (nSPS) is 15.1. The minimum Gasteiger partial charge on any atom is -0.378 e. The number of hydrogen-bond acceptors (Lipinski definition) is 7. The van der Waals surface area contributed by atoms with Crippen molar-refractivity contribution in [3.05, 3.63) is 78.2 Å². The number of morpholine rings is 1. The number of benzene rings is 2. The van der Waals surface area contributed by atoms with E-state index in [9.17, 15) is 13.2 Å². The fourth-order valence-corrected chi connectivity index (χ4v) is 5.85. The molecule has 10 heteroatoms. The summed E-state index contributed by atoms with van der Waals surface area (Å²) in [4.78, 5) is 27.4. The summed E-state index contributed by atoms with van der Waals surface area (Å²) in [5.41, 5.74) is 2.90. The third kappa shape index (κ3) is 4.95. The number of aryl methyl sites for hydroxylation is 1. The van der Waals surface area contributed by atoms with Crippen LogP contribution in [0.1, 0.15) is 11.1 Å². The molecule has 36 heavy (non-hydrogen) atoms. The summed E-state index contributed by atoms with van der Waals surface area (Å²) in [6.45, 7) is 4.47. The number of fused-ring (bicyclic) bond motifs is 1. The first-order valence-corrected chi connectivity index (χ1v) is 13.3. The Morgan fingerprint density at radius 2 is 1.78 bits per heavy atom. The van der Waals surface area contributed by atoms with Crippen molar-refractivity contribution in [3.63, 3.8) is 0 Å². The van der Waals surface area contributed by atoms with Crippen LogP contribution in [0.3, 0.4) is 0 Å². The second-order valence-electron chi connectivity index (χ2n) is 8.77. The molecule has 0 spiro atoms. The van der Waals surface area contributed by atoms with Gasteiger partial charge in [0.1, 0.15) is 5.25 Å². The minimum atomic E-state index is -4.00. The van der Waals surface area contributed by atoms with Crippen LogP contribution in [0.25, 0.3) is 10.9 Å². The molecule has 2 N–H and O–H groups in total. The van der Waals surface area contributed by atoms with Crippen LogP contribution in [-0.4, -0.2) is 60.8 Å². The van der Waals surface area contributed by atoms with E-state index in [2.05, 4.69) is 20.3 Å². The Hall–Kier alpha value is -3.76. The third-order valence-corrected chi connectivity index (χ3v) is 8.36. The quantitative estimate of drug-likeness (QED) is 0.396. The molecule has 5 rings (SSSR count). The summed E-state index contributed by atoms with van der Waals surface area (Å²) in [5, 5.41) is 2.26. The van der Waals surface area contributed by atoms with E-state index in [1.165, 1.54) is 12.4 Å². The number of H-pyrrole nitrogens is 1. The van der Waals surface area contributed by atoms with Gasteiger partial charge in [0.05, 0.1) is 36.2 Å². The average molecular weight is 506 g/mol. The smallest absolute Gasteiger partial charge is 0.243 e. The largest absolute Gasteiger partial charge is 0.378 e. The number of nitrogens with zero attached hydrogens (tertiary/aromatic N) is 3. The van der Waals surface area contributed by atoms with Crippen molar-refractivity contribution in [1.82, 2.24) is 15.0 Å². The predicted octanol–water partition coefficient (Wildman–Crippen LogP) is 3.13. The minimum absolute atomic E-state index is 0.0127. The molecule has 1 aliphatic rings. The Bertz CT molecular complexity index is 1460. The number of para-hydroxylation sites is 1. The monoisotopic (exact) mass is 505 g/mol. The predicted molar refractivity (Wildman–Crippen MR) is 138 cm³/mol. The fourth-order valence-electron chi connectivity index (χ4n) is 4.27. The molecule has 2 aromatic carbocycles. The van der Waals surface area contributed by atoms with Gasteiger partial charge in [-0.3, -0.25) is 4.79 Å². The third-order valence-electron chi connectivity index (χ3n) is 6.30. The van der Waals surface area contributed by atoms with E-state index in [0.29, 0.717) is 37.9 Å².